The number of hydrogen-bond acceptors (Lipinski definition) is 1. The fourth-order valence-corrected chi connectivity index (χ4v) is 14.6. The van der Waals surface area contributed by atoms with Crippen LogP contribution in [-0.2, 0) is 11.8 Å². The number of rotatable bonds is 3. The molecule has 96 valence electrons. The second-order valence-electron chi connectivity index (χ2n) is 6.68. The topological polar surface area (TPSA) is 0 Å². The van der Waals surface area contributed by atoms with Gasteiger partial charge in [-0.3, -0.25) is 0 Å². The van der Waals surface area contributed by atoms with Crippen molar-refractivity contribution in [2.75, 3.05) is 12.5 Å². The second-order valence-corrected chi connectivity index (χ2v) is 18.3. The Balaban J connectivity index is 2.99. The largest absolute Gasteiger partial charge is 0.0975 e. The quantitative estimate of drug-likeness (QED) is 0.596. The zero-order valence-corrected chi connectivity index (χ0v) is 14.7. The van der Waals surface area contributed by atoms with Gasteiger partial charge < -0.3 is 0 Å². The number of hydrogen-bond donors (Lipinski definition) is 0. The summed E-state index contributed by atoms with van der Waals surface area (Å²) in [4.78, 5) is 0. The van der Waals surface area contributed by atoms with Crippen molar-refractivity contribution >= 4 is 31.1 Å². The van der Waals surface area contributed by atoms with E-state index in [1.54, 1.807) is 5.19 Å². The Labute approximate surface area is 113 Å². The standard InChI is InChI=1S/C14H25PSSi/c1-14(2,3)15(4,16)12-17(5,6)13-10-8-7-9-11-13/h7-11H,12H2,1-6H3. The molecular formula is C14H25PSSi. The van der Waals surface area contributed by atoms with Crippen molar-refractivity contribution in [3.63, 3.8) is 0 Å². The van der Waals surface area contributed by atoms with Crippen molar-refractivity contribution < 1.29 is 0 Å². The van der Waals surface area contributed by atoms with E-state index in [1.165, 1.54) is 5.79 Å². The van der Waals surface area contributed by atoms with Gasteiger partial charge in [0.25, 0.3) is 0 Å². The normalized spacial score (nSPS) is 16.6. The lowest BCUT2D eigenvalue weighted by Gasteiger charge is -2.37. The zero-order valence-electron chi connectivity index (χ0n) is 11.9. The molecule has 0 N–H and O–H groups in total. The van der Waals surface area contributed by atoms with Crippen LogP contribution in [0, 0.1) is 0 Å². The molecule has 3 heteroatoms. The van der Waals surface area contributed by atoms with E-state index in [2.05, 4.69) is 70.9 Å². The molecule has 0 aliphatic carbocycles. The van der Waals surface area contributed by atoms with Crippen molar-refractivity contribution in [3.05, 3.63) is 30.3 Å². The van der Waals surface area contributed by atoms with Crippen molar-refractivity contribution in [2.24, 2.45) is 0 Å². The molecule has 17 heavy (non-hydrogen) atoms. The van der Waals surface area contributed by atoms with Crippen LogP contribution in [0.25, 0.3) is 0 Å². The van der Waals surface area contributed by atoms with E-state index in [1.807, 2.05) is 0 Å². The Morgan fingerprint density at radius 1 is 1.12 bits per heavy atom. The van der Waals surface area contributed by atoms with E-state index in [0.29, 0.717) is 5.16 Å². The molecule has 1 atom stereocenters. The lowest BCUT2D eigenvalue weighted by Crippen LogP contribution is -2.46. The fraction of sp³-hybridized carbons (Fsp3) is 0.571. The highest BCUT2D eigenvalue weighted by Gasteiger charge is 2.35. The Morgan fingerprint density at radius 3 is 2.00 bits per heavy atom. The molecule has 1 rings (SSSR count). The van der Waals surface area contributed by atoms with Gasteiger partial charge >= 0.3 is 0 Å². The highest BCUT2D eigenvalue weighted by Crippen LogP contribution is 2.55. The minimum absolute atomic E-state index is 0.293. The lowest BCUT2D eigenvalue weighted by molar-refractivity contribution is 0.785. The molecule has 0 amide bonds. The van der Waals surface area contributed by atoms with Crippen molar-refractivity contribution in [2.45, 2.75) is 39.0 Å². The summed E-state index contributed by atoms with van der Waals surface area (Å²) in [5.74, 6) is 1.27. The SMILES string of the molecule is CC(C)(C)P(C)(=S)C[Si](C)(C)c1ccccc1. The van der Waals surface area contributed by atoms with Crippen LogP contribution in [0.3, 0.4) is 0 Å². The van der Waals surface area contributed by atoms with Gasteiger partial charge in [0.1, 0.15) is 0 Å². The lowest BCUT2D eigenvalue weighted by atomic mass is 10.3. The predicted molar refractivity (Wildman–Crippen MR) is 88.4 cm³/mol. The Bertz CT molecular complexity index is 418. The van der Waals surface area contributed by atoms with Gasteiger partial charge in [0.15, 0.2) is 0 Å². The van der Waals surface area contributed by atoms with E-state index in [0.717, 1.165) is 0 Å². The highest BCUT2D eigenvalue weighted by atomic mass is 32.4. The average molecular weight is 284 g/mol. The third-order valence-corrected chi connectivity index (χ3v) is 16.8. The van der Waals surface area contributed by atoms with Gasteiger partial charge in [-0.15, -0.1) is 0 Å². The Kier molecular flexibility index (Phi) is 4.45. The first-order chi connectivity index (χ1) is 7.56. The van der Waals surface area contributed by atoms with Gasteiger partial charge in [-0.05, 0) is 23.6 Å². The van der Waals surface area contributed by atoms with Crippen LogP contribution in [0.2, 0.25) is 13.1 Å². The maximum atomic E-state index is 5.97. The molecule has 0 saturated carbocycles. The van der Waals surface area contributed by atoms with Gasteiger partial charge in [-0.1, -0.05) is 81.2 Å². The summed E-state index contributed by atoms with van der Waals surface area (Å²) in [6.07, 6.45) is 0. The summed E-state index contributed by atoms with van der Waals surface area (Å²) in [5, 5.41) is 1.84. The molecule has 1 aromatic carbocycles. The van der Waals surface area contributed by atoms with Crippen molar-refractivity contribution in [1.82, 2.24) is 0 Å². The molecule has 0 radical (unpaired) electrons. The fourth-order valence-electron chi connectivity index (χ4n) is 1.97. The Morgan fingerprint density at radius 2 is 1.59 bits per heavy atom. The molecule has 0 bridgehead atoms. The molecule has 1 unspecified atom stereocenters. The van der Waals surface area contributed by atoms with Crippen LogP contribution in [-0.4, -0.2) is 25.7 Å². The molecular weight excluding hydrogens is 259 g/mol. The van der Waals surface area contributed by atoms with E-state index in [-0.39, 0.29) is 0 Å². The maximum absolute atomic E-state index is 5.97. The molecule has 0 heterocycles. The van der Waals surface area contributed by atoms with Crippen LogP contribution < -0.4 is 5.19 Å². The minimum Gasteiger partial charge on any atom is -0.0975 e. The first kappa shape index (κ1) is 15.1. The highest BCUT2D eigenvalue weighted by molar-refractivity contribution is 8.15. The van der Waals surface area contributed by atoms with E-state index in [4.69, 9.17) is 11.8 Å². The maximum Gasteiger partial charge on any atom is 0.0855 e. The summed E-state index contributed by atoms with van der Waals surface area (Å²) in [7, 11) is -1.38. The summed E-state index contributed by atoms with van der Waals surface area (Å²) in [5.41, 5.74) is 0. The number of benzene rings is 1. The van der Waals surface area contributed by atoms with Crippen LogP contribution in [0.5, 0.6) is 0 Å². The van der Waals surface area contributed by atoms with E-state index < -0.39 is 14.1 Å². The molecule has 0 aromatic heterocycles. The molecule has 0 aliphatic rings. The smallest absolute Gasteiger partial charge is 0.0855 e. The zero-order chi connectivity index (χ0) is 13.3. The third kappa shape index (κ3) is 3.77. The van der Waals surface area contributed by atoms with Crippen LogP contribution in [0.15, 0.2) is 30.3 Å². The summed E-state index contributed by atoms with van der Waals surface area (Å²) >= 11 is 5.97. The Hall–Kier alpha value is 0.0869. The minimum atomic E-state index is -1.38. The van der Waals surface area contributed by atoms with Gasteiger partial charge in [0, 0.05) is 0 Å². The van der Waals surface area contributed by atoms with Crippen molar-refractivity contribution in [3.8, 4) is 0 Å². The van der Waals surface area contributed by atoms with Gasteiger partial charge in [-0.25, -0.2) is 0 Å². The molecule has 0 fully saturated rings. The molecule has 0 aliphatic heterocycles. The van der Waals surface area contributed by atoms with Gasteiger partial charge in [0.2, 0.25) is 0 Å². The molecule has 1 aromatic rings. The van der Waals surface area contributed by atoms with Crippen LogP contribution >= 0.6 is 6.04 Å². The first-order valence-corrected chi connectivity index (χ1v) is 12.8. The van der Waals surface area contributed by atoms with Crippen molar-refractivity contribution in [1.29, 1.82) is 0 Å². The first-order valence-electron chi connectivity index (χ1n) is 6.18. The van der Waals surface area contributed by atoms with Gasteiger partial charge in [-0.2, -0.15) is 0 Å². The third-order valence-electron chi connectivity index (χ3n) is 3.67. The van der Waals surface area contributed by atoms with Crippen LogP contribution in [0.4, 0.5) is 0 Å². The molecule has 0 spiro atoms. The predicted octanol–water partition coefficient (Wildman–Crippen LogP) is 4.05. The van der Waals surface area contributed by atoms with Gasteiger partial charge in [0.05, 0.1) is 8.07 Å². The van der Waals surface area contributed by atoms with E-state index in [9.17, 15) is 0 Å². The molecule has 0 saturated heterocycles. The monoisotopic (exact) mass is 284 g/mol. The second kappa shape index (κ2) is 4.99. The van der Waals surface area contributed by atoms with E-state index >= 15 is 0 Å². The summed E-state index contributed by atoms with van der Waals surface area (Å²) in [6.45, 7) is 14.2. The average Bonchev–Trinajstić information content (AvgIpc) is 2.15. The molecule has 0 nitrogen and oxygen atoms in total. The summed E-state index contributed by atoms with van der Waals surface area (Å²) in [6, 6.07) is 9.70. The summed E-state index contributed by atoms with van der Waals surface area (Å²) < 4.78 is 0. The van der Waals surface area contributed by atoms with Crippen LogP contribution in [0.1, 0.15) is 20.8 Å².